The topological polar surface area (TPSA) is 78.4 Å². The third-order valence-electron chi connectivity index (χ3n) is 3.30. The molecule has 0 spiro atoms. The van der Waals surface area contributed by atoms with E-state index in [1.165, 1.54) is 0 Å². The zero-order valence-corrected chi connectivity index (χ0v) is 12.8. The summed E-state index contributed by atoms with van der Waals surface area (Å²) in [5.74, 6) is 1.14. The number of thiol groups is 1. The summed E-state index contributed by atoms with van der Waals surface area (Å²) in [6.45, 7) is 1.95. The molecule has 1 aromatic rings. The summed E-state index contributed by atoms with van der Waals surface area (Å²) in [5.41, 5.74) is 0.669. The summed E-state index contributed by atoms with van der Waals surface area (Å²) in [7, 11) is 1.79. The Morgan fingerprint density at radius 3 is 2.86 bits per heavy atom. The van der Waals surface area contributed by atoms with Crippen LogP contribution in [-0.4, -0.2) is 59.1 Å². The fourth-order valence-corrected chi connectivity index (χ4v) is 2.26. The van der Waals surface area contributed by atoms with Crippen molar-refractivity contribution in [1.29, 1.82) is 0 Å². The van der Waals surface area contributed by atoms with Crippen molar-refractivity contribution in [1.82, 2.24) is 20.2 Å². The van der Waals surface area contributed by atoms with Crippen LogP contribution in [0.15, 0.2) is 12.4 Å². The summed E-state index contributed by atoms with van der Waals surface area (Å²) in [5, 5.41) is 2.79. The number of likely N-dealkylation sites (N-methyl/N-ethyl adjacent to an activating group) is 1. The highest BCUT2D eigenvalue weighted by atomic mass is 32.1. The van der Waals surface area contributed by atoms with E-state index in [-0.39, 0.29) is 18.4 Å². The van der Waals surface area contributed by atoms with Gasteiger partial charge in [0.1, 0.15) is 5.69 Å². The number of hydrogen-bond acceptors (Lipinski definition) is 6. The van der Waals surface area contributed by atoms with E-state index in [0.717, 1.165) is 0 Å². The molecular weight excluding hydrogens is 290 g/mol. The van der Waals surface area contributed by atoms with Gasteiger partial charge in [0.2, 0.25) is 11.8 Å². The first-order chi connectivity index (χ1) is 10.1. The molecule has 1 fully saturated rings. The molecule has 21 heavy (non-hydrogen) atoms. The maximum Gasteiger partial charge on any atom is 0.241 e. The molecule has 1 aliphatic rings. The fraction of sp³-hybridized carbons (Fsp3) is 0.538. The molecular formula is C13H19N5O2S. The quantitative estimate of drug-likeness (QED) is 0.730. The number of nitrogens with one attached hydrogen (secondary N) is 1. The lowest BCUT2D eigenvalue weighted by atomic mass is 10.3. The number of amides is 2. The molecule has 7 nitrogen and oxygen atoms in total. The van der Waals surface area contributed by atoms with E-state index in [2.05, 4.69) is 27.9 Å². The molecule has 0 bridgehead atoms. The summed E-state index contributed by atoms with van der Waals surface area (Å²) in [6.07, 6.45) is 3.55. The number of hydrogen-bond donors (Lipinski definition) is 2. The third-order valence-corrected chi connectivity index (χ3v) is 3.52. The number of nitrogens with zero attached hydrogens (tertiary/aromatic N) is 4. The third kappa shape index (κ3) is 4.07. The van der Waals surface area contributed by atoms with Crippen LogP contribution in [0.25, 0.3) is 0 Å². The Morgan fingerprint density at radius 1 is 1.38 bits per heavy atom. The van der Waals surface area contributed by atoms with E-state index in [9.17, 15) is 9.59 Å². The van der Waals surface area contributed by atoms with E-state index in [1.807, 2.05) is 4.90 Å². The highest BCUT2D eigenvalue weighted by molar-refractivity contribution is 7.80. The molecule has 8 heteroatoms. The molecule has 1 aliphatic heterocycles. The van der Waals surface area contributed by atoms with Gasteiger partial charge >= 0.3 is 0 Å². The average molecular weight is 309 g/mol. The highest BCUT2D eigenvalue weighted by Crippen LogP contribution is 2.17. The minimum Gasteiger partial charge on any atom is -0.350 e. The second-order valence-corrected chi connectivity index (χ2v) is 5.26. The second-order valence-electron chi connectivity index (χ2n) is 4.81. The number of rotatable bonds is 5. The largest absolute Gasteiger partial charge is 0.350 e. The zero-order valence-electron chi connectivity index (χ0n) is 11.9. The zero-order chi connectivity index (χ0) is 15.2. The number of aromatic nitrogens is 2. The summed E-state index contributed by atoms with van der Waals surface area (Å²) in [4.78, 5) is 35.5. The Hall–Kier alpha value is -1.83. The van der Waals surface area contributed by atoms with Crippen LogP contribution in [0.5, 0.6) is 0 Å². The van der Waals surface area contributed by atoms with Gasteiger partial charge in [-0.15, -0.1) is 0 Å². The normalized spacial score (nSPS) is 15.2. The predicted molar refractivity (Wildman–Crippen MR) is 82.2 cm³/mol. The van der Waals surface area contributed by atoms with Crippen molar-refractivity contribution < 1.29 is 9.59 Å². The van der Waals surface area contributed by atoms with E-state index in [4.69, 9.17) is 0 Å². The fourth-order valence-electron chi connectivity index (χ4n) is 2.06. The van der Waals surface area contributed by atoms with Crippen LogP contribution in [0.2, 0.25) is 0 Å². The summed E-state index contributed by atoms with van der Waals surface area (Å²) in [6, 6.07) is 0. The van der Waals surface area contributed by atoms with Gasteiger partial charge in [0.15, 0.2) is 5.82 Å². The second kappa shape index (κ2) is 7.26. The van der Waals surface area contributed by atoms with Crippen molar-refractivity contribution in [3.63, 3.8) is 0 Å². The van der Waals surface area contributed by atoms with Gasteiger partial charge in [0.25, 0.3) is 0 Å². The molecule has 0 unspecified atom stereocenters. The maximum atomic E-state index is 11.8. The van der Waals surface area contributed by atoms with Gasteiger partial charge in [-0.1, -0.05) is 0 Å². The lowest BCUT2D eigenvalue weighted by molar-refractivity contribution is -0.129. The Bertz CT molecular complexity index is 525. The predicted octanol–water partition coefficient (Wildman–Crippen LogP) is -0.309. The number of anilines is 1. The van der Waals surface area contributed by atoms with Gasteiger partial charge < -0.3 is 15.1 Å². The Kier molecular flexibility index (Phi) is 5.38. The number of carbonyl (C=O) groups is 2. The van der Waals surface area contributed by atoms with E-state index in [0.29, 0.717) is 43.3 Å². The van der Waals surface area contributed by atoms with Crippen LogP contribution in [0, 0.1) is 0 Å². The Labute approximate surface area is 129 Å². The molecule has 0 saturated carbocycles. The van der Waals surface area contributed by atoms with Crippen LogP contribution >= 0.6 is 12.6 Å². The van der Waals surface area contributed by atoms with Crippen LogP contribution in [0.4, 0.5) is 5.82 Å². The van der Waals surface area contributed by atoms with Crippen molar-refractivity contribution in [3.05, 3.63) is 18.1 Å². The van der Waals surface area contributed by atoms with Crippen LogP contribution in [0.1, 0.15) is 12.1 Å². The molecule has 0 atom stereocenters. The first kappa shape index (κ1) is 15.6. The lowest BCUT2D eigenvalue weighted by Crippen LogP contribution is -2.49. The maximum absolute atomic E-state index is 11.8. The van der Waals surface area contributed by atoms with Crippen molar-refractivity contribution >= 4 is 30.3 Å². The number of piperazine rings is 1. The SMILES string of the molecule is CN1CCN(c2nccnc2CNC(=O)CCS)CC1=O. The minimum absolute atomic E-state index is 0.0527. The van der Waals surface area contributed by atoms with Gasteiger partial charge in [-0.3, -0.25) is 14.6 Å². The molecule has 1 N–H and O–H groups in total. The molecule has 2 heterocycles. The first-order valence-corrected chi connectivity index (χ1v) is 7.41. The molecule has 2 rings (SSSR count). The summed E-state index contributed by atoms with van der Waals surface area (Å²) < 4.78 is 0. The minimum atomic E-state index is -0.0731. The van der Waals surface area contributed by atoms with Gasteiger partial charge in [0, 0.05) is 39.0 Å². The Balaban J connectivity index is 2.06. The van der Waals surface area contributed by atoms with Gasteiger partial charge in [-0.2, -0.15) is 12.6 Å². The highest BCUT2D eigenvalue weighted by Gasteiger charge is 2.24. The van der Waals surface area contributed by atoms with Crippen LogP contribution < -0.4 is 10.2 Å². The monoisotopic (exact) mass is 309 g/mol. The van der Waals surface area contributed by atoms with Gasteiger partial charge in [0.05, 0.1) is 13.1 Å². The molecule has 1 aromatic heterocycles. The smallest absolute Gasteiger partial charge is 0.241 e. The Morgan fingerprint density at radius 2 is 2.14 bits per heavy atom. The molecule has 0 aliphatic carbocycles. The van der Waals surface area contributed by atoms with Crippen LogP contribution in [0.3, 0.4) is 0 Å². The van der Waals surface area contributed by atoms with Gasteiger partial charge in [-0.25, -0.2) is 4.98 Å². The molecule has 2 amide bonds. The van der Waals surface area contributed by atoms with Crippen LogP contribution in [-0.2, 0) is 16.1 Å². The molecule has 1 saturated heterocycles. The molecule has 0 radical (unpaired) electrons. The summed E-state index contributed by atoms with van der Waals surface area (Å²) >= 11 is 4.02. The van der Waals surface area contributed by atoms with Crippen molar-refractivity contribution in [2.75, 3.05) is 37.3 Å². The average Bonchev–Trinajstić information content (AvgIpc) is 2.49. The van der Waals surface area contributed by atoms with Crippen molar-refractivity contribution in [2.45, 2.75) is 13.0 Å². The van der Waals surface area contributed by atoms with Gasteiger partial charge in [-0.05, 0) is 5.75 Å². The van der Waals surface area contributed by atoms with Crippen molar-refractivity contribution in [2.24, 2.45) is 0 Å². The lowest BCUT2D eigenvalue weighted by Gasteiger charge is -2.33. The van der Waals surface area contributed by atoms with E-state index >= 15 is 0 Å². The first-order valence-electron chi connectivity index (χ1n) is 6.78. The number of carbonyl (C=O) groups excluding carboxylic acids is 2. The van der Waals surface area contributed by atoms with Crippen molar-refractivity contribution in [3.8, 4) is 0 Å². The standard InChI is InChI=1S/C13H19N5O2S/c1-17-5-6-18(9-12(17)20)13-10(14-3-4-15-13)8-16-11(19)2-7-21/h3-4,21H,2,5-9H2,1H3,(H,16,19). The van der Waals surface area contributed by atoms with E-state index in [1.54, 1.807) is 24.3 Å². The van der Waals surface area contributed by atoms with E-state index < -0.39 is 0 Å². The molecule has 114 valence electrons. The molecule has 0 aromatic carbocycles.